The fraction of sp³-hybridized carbons (Fsp3) is 0.500. The zero-order valence-corrected chi connectivity index (χ0v) is 13.3. The summed E-state index contributed by atoms with van der Waals surface area (Å²) < 4.78 is 36.6. The van der Waals surface area contributed by atoms with Crippen LogP contribution in [-0.2, 0) is 19.6 Å². The molecule has 1 atom stereocenters. The van der Waals surface area contributed by atoms with Crippen molar-refractivity contribution in [3.63, 3.8) is 0 Å². The van der Waals surface area contributed by atoms with E-state index in [1.807, 2.05) is 6.92 Å². The summed E-state index contributed by atoms with van der Waals surface area (Å²) in [6.07, 6.45) is 0.708. The van der Waals surface area contributed by atoms with Gasteiger partial charge >= 0.3 is 5.97 Å². The third-order valence-electron chi connectivity index (χ3n) is 2.76. The molecule has 0 heterocycles. The van der Waals surface area contributed by atoms with Crippen molar-refractivity contribution in [3.8, 4) is 5.75 Å². The van der Waals surface area contributed by atoms with E-state index in [0.717, 1.165) is 0 Å². The third kappa shape index (κ3) is 5.73. The molecule has 7 heteroatoms. The van der Waals surface area contributed by atoms with E-state index < -0.39 is 16.0 Å². The molecule has 0 aliphatic carbocycles. The Hall–Kier alpha value is -1.60. The maximum Gasteiger partial charge on any atom is 0.344 e. The lowest BCUT2D eigenvalue weighted by molar-refractivity contribution is -0.145. The van der Waals surface area contributed by atoms with Gasteiger partial charge in [-0.05, 0) is 44.5 Å². The maximum absolute atomic E-state index is 12.0. The number of hydrogen-bond donors (Lipinski definition) is 1. The molecule has 1 N–H and O–H groups in total. The highest BCUT2D eigenvalue weighted by Crippen LogP contribution is 2.16. The Balaban J connectivity index is 2.67. The zero-order valence-electron chi connectivity index (χ0n) is 12.5. The average Bonchev–Trinajstić information content (AvgIpc) is 2.45. The Bertz CT molecular complexity index is 553. The summed E-state index contributed by atoms with van der Waals surface area (Å²) >= 11 is 0. The first-order chi connectivity index (χ1) is 9.89. The normalized spacial score (nSPS) is 12.7. The molecule has 1 rings (SSSR count). The lowest BCUT2D eigenvalue weighted by atomic mass is 10.3. The minimum atomic E-state index is -3.53. The van der Waals surface area contributed by atoms with Crippen LogP contribution in [0.5, 0.6) is 5.75 Å². The van der Waals surface area contributed by atoms with Gasteiger partial charge in [0.1, 0.15) is 5.75 Å². The van der Waals surface area contributed by atoms with E-state index in [9.17, 15) is 13.2 Å². The van der Waals surface area contributed by atoms with Gasteiger partial charge in [-0.3, -0.25) is 0 Å². The highest BCUT2D eigenvalue weighted by molar-refractivity contribution is 7.89. The molecule has 0 aliphatic heterocycles. The summed E-state index contributed by atoms with van der Waals surface area (Å²) in [5.74, 6) is -0.0572. The van der Waals surface area contributed by atoms with Gasteiger partial charge in [0.05, 0.1) is 11.5 Å². The van der Waals surface area contributed by atoms with Crippen LogP contribution in [0.3, 0.4) is 0 Å². The van der Waals surface area contributed by atoms with E-state index in [1.165, 1.54) is 24.3 Å². The van der Waals surface area contributed by atoms with Crippen LogP contribution in [0.25, 0.3) is 0 Å². The molecule has 6 nitrogen and oxygen atoms in total. The summed E-state index contributed by atoms with van der Waals surface area (Å²) in [4.78, 5) is 11.3. The van der Waals surface area contributed by atoms with Gasteiger partial charge in [-0.2, -0.15) is 0 Å². The molecule has 0 saturated carbocycles. The molecule has 1 aromatic rings. The molecule has 0 saturated heterocycles. The summed E-state index contributed by atoms with van der Waals surface area (Å²) in [6.45, 7) is 5.50. The van der Waals surface area contributed by atoms with Crippen molar-refractivity contribution in [2.24, 2.45) is 0 Å². The molecule has 21 heavy (non-hydrogen) atoms. The maximum atomic E-state index is 12.0. The van der Waals surface area contributed by atoms with E-state index in [2.05, 4.69) is 4.72 Å². The monoisotopic (exact) mass is 315 g/mol. The topological polar surface area (TPSA) is 81.7 Å². The van der Waals surface area contributed by atoms with Crippen LogP contribution in [0.2, 0.25) is 0 Å². The minimum Gasteiger partial charge on any atom is -0.482 e. The Kier molecular flexibility index (Phi) is 6.64. The minimum absolute atomic E-state index is 0.130. The van der Waals surface area contributed by atoms with E-state index in [1.54, 1.807) is 13.8 Å². The second-order valence-corrected chi connectivity index (χ2v) is 6.21. The molecular formula is C14H21NO5S. The number of esters is 1. The Morgan fingerprint density at radius 2 is 1.86 bits per heavy atom. The molecule has 0 radical (unpaired) electrons. The van der Waals surface area contributed by atoms with Crippen molar-refractivity contribution in [1.82, 2.24) is 4.72 Å². The summed E-state index contributed by atoms with van der Waals surface area (Å²) in [5, 5.41) is 0. The second-order valence-electron chi connectivity index (χ2n) is 4.50. The highest BCUT2D eigenvalue weighted by atomic mass is 32.2. The molecule has 1 unspecified atom stereocenters. The molecule has 1 aromatic carbocycles. The van der Waals surface area contributed by atoms with Gasteiger partial charge in [-0.25, -0.2) is 17.9 Å². The van der Waals surface area contributed by atoms with Crippen LogP contribution in [0.4, 0.5) is 0 Å². The number of benzene rings is 1. The lowest BCUT2D eigenvalue weighted by Crippen LogP contribution is -2.31. The molecule has 0 fully saturated rings. The van der Waals surface area contributed by atoms with Gasteiger partial charge in [0, 0.05) is 6.04 Å². The summed E-state index contributed by atoms with van der Waals surface area (Å²) in [5.41, 5.74) is 0. The standard InChI is InChI=1S/C14H21NO5S/c1-4-11(3)15-21(17,18)13-8-6-12(7-9-13)20-10-14(16)19-5-2/h6-9,11,15H,4-5,10H2,1-3H3. The first-order valence-corrected chi connectivity index (χ1v) is 8.28. The van der Waals surface area contributed by atoms with Crippen molar-refractivity contribution in [3.05, 3.63) is 24.3 Å². The Morgan fingerprint density at radius 3 is 2.38 bits per heavy atom. The Labute approximate surface area is 125 Å². The van der Waals surface area contributed by atoms with Gasteiger partial charge in [-0.1, -0.05) is 6.92 Å². The van der Waals surface area contributed by atoms with Gasteiger partial charge in [-0.15, -0.1) is 0 Å². The fourth-order valence-corrected chi connectivity index (χ4v) is 2.80. The zero-order chi connectivity index (χ0) is 15.9. The SMILES string of the molecule is CCOC(=O)COc1ccc(S(=O)(=O)NC(C)CC)cc1. The summed E-state index contributed by atoms with van der Waals surface area (Å²) in [6, 6.07) is 5.75. The van der Waals surface area contributed by atoms with Crippen molar-refractivity contribution in [1.29, 1.82) is 0 Å². The van der Waals surface area contributed by atoms with E-state index in [-0.39, 0.29) is 17.5 Å². The van der Waals surface area contributed by atoms with E-state index in [4.69, 9.17) is 9.47 Å². The van der Waals surface area contributed by atoms with Gasteiger partial charge in [0.25, 0.3) is 0 Å². The third-order valence-corrected chi connectivity index (χ3v) is 4.37. The Morgan fingerprint density at radius 1 is 1.24 bits per heavy atom. The summed E-state index contributed by atoms with van der Waals surface area (Å²) in [7, 11) is -3.53. The van der Waals surface area contributed by atoms with Gasteiger partial charge < -0.3 is 9.47 Å². The van der Waals surface area contributed by atoms with Crippen molar-refractivity contribution in [2.45, 2.75) is 38.1 Å². The van der Waals surface area contributed by atoms with Crippen LogP contribution in [0.1, 0.15) is 27.2 Å². The number of carbonyl (C=O) groups is 1. The van der Waals surface area contributed by atoms with Crippen molar-refractivity contribution < 1.29 is 22.7 Å². The predicted octanol–water partition coefficient (Wildman–Crippen LogP) is 1.71. The first kappa shape index (κ1) is 17.5. The molecule has 118 valence electrons. The first-order valence-electron chi connectivity index (χ1n) is 6.79. The molecule has 0 spiro atoms. The molecule has 0 aromatic heterocycles. The molecule has 0 bridgehead atoms. The number of hydrogen-bond acceptors (Lipinski definition) is 5. The largest absolute Gasteiger partial charge is 0.482 e. The van der Waals surface area contributed by atoms with E-state index >= 15 is 0 Å². The van der Waals surface area contributed by atoms with Crippen LogP contribution >= 0.6 is 0 Å². The number of carbonyl (C=O) groups excluding carboxylic acids is 1. The molecular weight excluding hydrogens is 294 g/mol. The average molecular weight is 315 g/mol. The molecule has 0 amide bonds. The quantitative estimate of drug-likeness (QED) is 0.739. The van der Waals surface area contributed by atoms with Crippen LogP contribution < -0.4 is 9.46 Å². The van der Waals surface area contributed by atoms with E-state index in [0.29, 0.717) is 18.8 Å². The van der Waals surface area contributed by atoms with Crippen LogP contribution in [-0.4, -0.2) is 33.6 Å². The van der Waals surface area contributed by atoms with Gasteiger partial charge in [0.15, 0.2) is 6.61 Å². The number of nitrogens with one attached hydrogen (secondary N) is 1. The predicted molar refractivity (Wildman–Crippen MR) is 78.6 cm³/mol. The smallest absolute Gasteiger partial charge is 0.344 e. The lowest BCUT2D eigenvalue weighted by Gasteiger charge is -2.12. The van der Waals surface area contributed by atoms with Gasteiger partial charge in [0.2, 0.25) is 10.0 Å². The number of ether oxygens (including phenoxy) is 2. The molecule has 0 aliphatic rings. The fourth-order valence-electron chi connectivity index (χ4n) is 1.48. The van der Waals surface area contributed by atoms with Crippen LogP contribution in [0, 0.1) is 0 Å². The van der Waals surface area contributed by atoms with Crippen LogP contribution in [0.15, 0.2) is 29.2 Å². The second kappa shape index (κ2) is 7.99. The highest BCUT2D eigenvalue weighted by Gasteiger charge is 2.16. The van der Waals surface area contributed by atoms with Crippen molar-refractivity contribution >= 4 is 16.0 Å². The van der Waals surface area contributed by atoms with Crippen molar-refractivity contribution in [2.75, 3.05) is 13.2 Å². The number of rotatable bonds is 8. The number of sulfonamides is 1.